The first-order valence-corrected chi connectivity index (χ1v) is 15.2. The Labute approximate surface area is 250 Å². The van der Waals surface area contributed by atoms with E-state index in [4.69, 9.17) is 23.2 Å². The Kier molecular flexibility index (Phi) is 8.69. The third-order valence-corrected chi connectivity index (χ3v) is 9.93. The number of sulfonamides is 1. The first-order chi connectivity index (χ1) is 19.2. The van der Waals surface area contributed by atoms with E-state index in [2.05, 4.69) is 20.2 Å². The number of carbonyl (C=O) groups excluding carboxylic acids is 1. The third kappa shape index (κ3) is 6.70. The third-order valence-electron chi connectivity index (χ3n) is 6.27. The number of H-pyrrole nitrogens is 1. The van der Waals surface area contributed by atoms with Gasteiger partial charge in [0.05, 0.1) is 14.9 Å². The SMILES string of the molecule is CC(NS(=O)(=O)c1ccc(-c2sc(-c3n[nH]c(C(C)(C)O)n3)nc2C(=O)N2CCC(F)(F)CC2)c(Cl)c1Cl)C(F)(F)F. The van der Waals surface area contributed by atoms with Crippen LogP contribution in [0.1, 0.15) is 49.9 Å². The van der Waals surface area contributed by atoms with Gasteiger partial charge in [-0.1, -0.05) is 29.3 Å². The molecule has 10 nitrogen and oxygen atoms in total. The number of nitrogens with zero attached hydrogens (tertiary/aromatic N) is 4. The number of aromatic amines is 1. The molecule has 1 amide bonds. The maximum absolute atomic E-state index is 13.7. The second kappa shape index (κ2) is 11.2. The van der Waals surface area contributed by atoms with E-state index in [0.29, 0.717) is 6.92 Å². The van der Waals surface area contributed by atoms with Gasteiger partial charge in [-0.2, -0.15) is 23.0 Å². The van der Waals surface area contributed by atoms with Crippen LogP contribution in [0.25, 0.3) is 21.3 Å². The predicted molar refractivity (Wildman–Crippen MR) is 144 cm³/mol. The highest BCUT2D eigenvalue weighted by molar-refractivity contribution is 7.89. The lowest BCUT2D eigenvalue weighted by Gasteiger charge is -2.31. The van der Waals surface area contributed by atoms with Crippen LogP contribution in [0.2, 0.25) is 10.0 Å². The summed E-state index contributed by atoms with van der Waals surface area (Å²) in [6.45, 7) is 2.98. The van der Waals surface area contributed by atoms with E-state index in [0.717, 1.165) is 23.5 Å². The number of carbonyl (C=O) groups is 1. The van der Waals surface area contributed by atoms with Crippen LogP contribution >= 0.6 is 34.5 Å². The van der Waals surface area contributed by atoms with Crippen molar-refractivity contribution >= 4 is 50.5 Å². The summed E-state index contributed by atoms with van der Waals surface area (Å²) in [5.41, 5.74) is -1.65. The lowest BCUT2D eigenvalue weighted by Crippen LogP contribution is -2.43. The van der Waals surface area contributed by atoms with Gasteiger partial charge in [0.25, 0.3) is 11.8 Å². The summed E-state index contributed by atoms with van der Waals surface area (Å²) in [7, 11) is -4.79. The highest BCUT2D eigenvalue weighted by Crippen LogP contribution is 2.43. The molecule has 4 rings (SSSR count). The van der Waals surface area contributed by atoms with Gasteiger partial charge in [0.1, 0.15) is 22.2 Å². The van der Waals surface area contributed by atoms with E-state index >= 15 is 0 Å². The second-order valence-corrected chi connectivity index (χ2v) is 13.5. The van der Waals surface area contributed by atoms with Crippen LogP contribution < -0.4 is 4.72 Å². The fourth-order valence-electron chi connectivity index (χ4n) is 3.84. The van der Waals surface area contributed by atoms with Crippen LogP contribution in [-0.4, -0.2) is 75.7 Å². The number of halogens is 7. The number of hydrogen-bond donors (Lipinski definition) is 3. The Hall–Kier alpha value is -2.44. The molecule has 1 saturated heterocycles. The van der Waals surface area contributed by atoms with Crippen molar-refractivity contribution in [3.8, 4) is 21.3 Å². The van der Waals surface area contributed by atoms with Crippen molar-refractivity contribution in [1.29, 1.82) is 0 Å². The van der Waals surface area contributed by atoms with Crippen molar-refractivity contribution in [3.05, 3.63) is 33.7 Å². The number of piperidine rings is 1. The van der Waals surface area contributed by atoms with E-state index in [9.17, 15) is 40.3 Å². The smallest absolute Gasteiger partial charge is 0.382 e. The lowest BCUT2D eigenvalue weighted by molar-refractivity contribution is -0.147. The zero-order valence-corrected chi connectivity index (χ0v) is 25.1. The largest absolute Gasteiger partial charge is 0.404 e. The summed E-state index contributed by atoms with van der Waals surface area (Å²) in [5, 5.41) is 15.8. The van der Waals surface area contributed by atoms with E-state index in [1.165, 1.54) is 23.5 Å². The molecule has 0 spiro atoms. The zero-order valence-electron chi connectivity index (χ0n) is 22.0. The summed E-state index contributed by atoms with van der Waals surface area (Å²) in [5.74, 6) is -3.61. The molecule has 230 valence electrons. The second-order valence-electron chi connectivity index (χ2n) is 10.0. The zero-order chi connectivity index (χ0) is 31.4. The molecule has 0 aliphatic carbocycles. The van der Waals surface area contributed by atoms with Crippen LogP contribution in [0, 0.1) is 0 Å². The first kappa shape index (κ1) is 32.5. The van der Waals surface area contributed by atoms with Gasteiger partial charge >= 0.3 is 6.18 Å². The van der Waals surface area contributed by atoms with E-state index in [1.807, 2.05) is 0 Å². The Bertz CT molecular complexity index is 1610. The normalized spacial score (nSPS) is 17.0. The molecule has 1 atom stereocenters. The predicted octanol–water partition coefficient (Wildman–Crippen LogP) is 5.23. The molecular weight excluding hydrogens is 654 g/mol. The molecule has 42 heavy (non-hydrogen) atoms. The molecule has 0 bridgehead atoms. The highest BCUT2D eigenvalue weighted by atomic mass is 35.5. The molecule has 2 aromatic heterocycles. The van der Waals surface area contributed by atoms with Crippen molar-refractivity contribution in [2.45, 2.75) is 62.3 Å². The number of nitrogens with one attached hydrogen (secondary N) is 2. The molecule has 1 aliphatic heterocycles. The summed E-state index contributed by atoms with van der Waals surface area (Å²) >= 11 is 13.5. The summed E-state index contributed by atoms with van der Waals surface area (Å²) in [6.07, 6.45) is -6.01. The molecule has 1 aromatic carbocycles. The van der Waals surface area contributed by atoms with Crippen LogP contribution in [-0.2, 0) is 15.6 Å². The molecule has 1 unspecified atom stereocenters. The number of alkyl halides is 5. The van der Waals surface area contributed by atoms with E-state index in [-0.39, 0.29) is 45.9 Å². The van der Waals surface area contributed by atoms with Gasteiger partial charge in [-0.3, -0.25) is 9.89 Å². The maximum Gasteiger partial charge on any atom is 0.404 e. The quantitative estimate of drug-likeness (QED) is 0.291. The van der Waals surface area contributed by atoms with Gasteiger partial charge < -0.3 is 10.0 Å². The average Bonchev–Trinajstić information content (AvgIpc) is 3.52. The van der Waals surface area contributed by atoms with Crippen molar-refractivity contribution in [1.82, 2.24) is 29.8 Å². The van der Waals surface area contributed by atoms with Gasteiger partial charge in [-0.25, -0.2) is 27.2 Å². The van der Waals surface area contributed by atoms with Crippen molar-refractivity contribution < 1.29 is 40.3 Å². The lowest BCUT2D eigenvalue weighted by atomic mass is 10.1. The number of benzene rings is 1. The van der Waals surface area contributed by atoms with Gasteiger partial charge in [-0.05, 0) is 26.8 Å². The molecule has 3 heterocycles. The highest BCUT2D eigenvalue weighted by Gasteiger charge is 2.40. The molecule has 3 N–H and O–H groups in total. The monoisotopic (exact) mass is 676 g/mol. The van der Waals surface area contributed by atoms with Crippen molar-refractivity contribution in [2.24, 2.45) is 0 Å². The van der Waals surface area contributed by atoms with Crippen LogP contribution in [0.3, 0.4) is 0 Å². The van der Waals surface area contributed by atoms with Gasteiger partial charge in [0.15, 0.2) is 10.8 Å². The molecular formula is C23H23Cl2F5N6O4S2. The number of aromatic nitrogens is 4. The van der Waals surface area contributed by atoms with Gasteiger partial charge in [0, 0.05) is 31.5 Å². The van der Waals surface area contributed by atoms with Gasteiger partial charge in [-0.15, -0.1) is 11.3 Å². The average molecular weight is 678 g/mol. The van der Waals surface area contributed by atoms with Gasteiger partial charge in [0.2, 0.25) is 15.8 Å². The first-order valence-electron chi connectivity index (χ1n) is 12.1. The Morgan fingerprint density at radius 2 is 1.79 bits per heavy atom. The fraction of sp³-hybridized carbons (Fsp3) is 0.478. The number of rotatable bonds is 7. The van der Waals surface area contributed by atoms with E-state index < -0.39 is 67.5 Å². The molecule has 1 fully saturated rings. The number of thiazole rings is 1. The molecule has 1 aliphatic rings. The number of likely N-dealkylation sites (tertiary alicyclic amines) is 1. The minimum absolute atomic E-state index is 0.00262. The number of hydrogen-bond acceptors (Lipinski definition) is 8. The Balaban J connectivity index is 1.80. The molecule has 3 aromatic rings. The van der Waals surface area contributed by atoms with Crippen molar-refractivity contribution in [2.75, 3.05) is 13.1 Å². The minimum Gasteiger partial charge on any atom is -0.382 e. The van der Waals surface area contributed by atoms with Crippen LogP contribution in [0.4, 0.5) is 22.0 Å². The van der Waals surface area contributed by atoms with Crippen LogP contribution in [0.5, 0.6) is 0 Å². The standard InChI is InChI=1S/C23H23Cl2F5N6O4S2/c1-10(23(28,29)30)35-42(39,40)12-5-4-11(13(24)14(12)25)16-15(19(37)36-8-6-22(26,27)7-9-36)31-18(41-16)17-32-20(34-33-17)21(2,3)38/h4-5,10,35,38H,6-9H2,1-3H3,(H,32,33,34). The molecule has 0 saturated carbocycles. The number of amides is 1. The molecule has 19 heteroatoms. The Morgan fingerprint density at radius 3 is 2.33 bits per heavy atom. The summed E-state index contributed by atoms with van der Waals surface area (Å²) in [6, 6.07) is -0.375. The summed E-state index contributed by atoms with van der Waals surface area (Å²) < 4.78 is 93.3. The minimum atomic E-state index is -4.87. The number of aliphatic hydroxyl groups is 1. The molecule has 0 radical (unpaired) electrons. The Morgan fingerprint density at radius 1 is 1.17 bits per heavy atom. The summed E-state index contributed by atoms with van der Waals surface area (Å²) in [4.78, 5) is 22.5. The maximum atomic E-state index is 13.7. The fourth-order valence-corrected chi connectivity index (χ4v) is 7.01. The van der Waals surface area contributed by atoms with Crippen LogP contribution in [0.15, 0.2) is 17.0 Å². The van der Waals surface area contributed by atoms with E-state index in [1.54, 1.807) is 0 Å². The topological polar surface area (TPSA) is 141 Å². The van der Waals surface area contributed by atoms with Crippen molar-refractivity contribution in [3.63, 3.8) is 0 Å².